The zero-order valence-corrected chi connectivity index (χ0v) is 11.1. The van der Waals surface area contributed by atoms with Crippen LogP contribution in [0.2, 0.25) is 0 Å². The van der Waals surface area contributed by atoms with Crippen LogP contribution >= 0.6 is 0 Å². The highest BCUT2D eigenvalue weighted by Gasteiger charge is 2.52. The third-order valence-electron chi connectivity index (χ3n) is 4.56. The second kappa shape index (κ2) is 3.39. The molecule has 0 N–H and O–H groups in total. The zero-order chi connectivity index (χ0) is 14.1. The molecule has 4 rings (SSSR count). The van der Waals surface area contributed by atoms with E-state index >= 15 is 0 Å². The largest absolute Gasteiger partial charge is 0.460 e. The molecule has 2 heterocycles. The molecule has 1 aromatic heterocycles. The SMILES string of the molecule is C[C@H]1OC(=O)c2coc3c2[C@@]1(C)c1ccccc1C3=O. The number of esters is 1. The Morgan fingerprint density at radius 3 is 2.70 bits per heavy atom. The summed E-state index contributed by atoms with van der Waals surface area (Å²) in [6.45, 7) is 3.84. The van der Waals surface area contributed by atoms with Gasteiger partial charge in [-0.2, -0.15) is 0 Å². The maximum absolute atomic E-state index is 12.5. The van der Waals surface area contributed by atoms with Crippen LogP contribution in [0.3, 0.4) is 0 Å². The van der Waals surface area contributed by atoms with Gasteiger partial charge in [0.05, 0.1) is 5.41 Å². The highest BCUT2D eigenvalue weighted by atomic mass is 16.5. The third kappa shape index (κ3) is 1.08. The smallest absolute Gasteiger partial charge is 0.342 e. The molecule has 1 aromatic carbocycles. The first-order chi connectivity index (χ1) is 9.55. The lowest BCUT2D eigenvalue weighted by Crippen LogP contribution is -2.47. The fourth-order valence-electron chi connectivity index (χ4n) is 3.35. The van der Waals surface area contributed by atoms with Crippen LogP contribution < -0.4 is 0 Å². The van der Waals surface area contributed by atoms with Crippen LogP contribution in [0.1, 0.15) is 51.5 Å². The van der Waals surface area contributed by atoms with Crippen molar-refractivity contribution in [2.24, 2.45) is 0 Å². The molecule has 4 heteroatoms. The molecule has 0 bridgehead atoms. The lowest BCUT2D eigenvalue weighted by molar-refractivity contribution is 0.0130. The summed E-state index contributed by atoms with van der Waals surface area (Å²) in [6.07, 6.45) is 0.981. The third-order valence-corrected chi connectivity index (χ3v) is 4.56. The van der Waals surface area contributed by atoms with Crippen molar-refractivity contribution in [2.75, 3.05) is 0 Å². The number of fused-ring (bicyclic) bond motifs is 2. The lowest BCUT2D eigenvalue weighted by Gasteiger charge is -2.42. The van der Waals surface area contributed by atoms with E-state index in [2.05, 4.69) is 0 Å². The van der Waals surface area contributed by atoms with E-state index in [9.17, 15) is 9.59 Å². The van der Waals surface area contributed by atoms with E-state index in [1.165, 1.54) is 6.26 Å². The highest BCUT2D eigenvalue weighted by Crippen LogP contribution is 2.49. The average Bonchev–Trinajstić information content (AvgIpc) is 2.89. The molecule has 0 unspecified atom stereocenters. The van der Waals surface area contributed by atoms with Crippen molar-refractivity contribution in [3.8, 4) is 0 Å². The number of furan rings is 1. The fraction of sp³-hybridized carbons (Fsp3) is 0.250. The number of benzene rings is 1. The quantitative estimate of drug-likeness (QED) is 0.689. The Hall–Kier alpha value is -2.36. The van der Waals surface area contributed by atoms with Crippen LogP contribution in [-0.2, 0) is 10.2 Å². The highest BCUT2D eigenvalue weighted by molar-refractivity contribution is 6.13. The van der Waals surface area contributed by atoms with Gasteiger partial charge in [0.1, 0.15) is 17.9 Å². The molecule has 0 saturated heterocycles. The molecule has 2 atom stereocenters. The Balaban J connectivity index is 2.15. The first-order valence-electron chi connectivity index (χ1n) is 6.52. The van der Waals surface area contributed by atoms with E-state index in [1.807, 2.05) is 32.0 Å². The molecule has 2 aromatic rings. The first kappa shape index (κ1) is 11.5. The molecule has 100 valence electrons. The molecule has 0 fully saturated rings. The predicted molar refractivity (Wildman–Crippen MR) is 69.9 cm³/mol. The van der Waals surface area contributed by atoms with Gasteiger partial charge >= 0.3 is 5.97 Å². The maximum Gasteiger partial charge on any atom is 0.342 e. The molecule has 0 spiro atoms. The number of carbonyl (C=O) groups is 2. The first-order valence-corrected chi connectivity index (χ1v) is 6.52. The molecular formula is C16H12O4. The van der Waals surface area contributed by atoms with E-state index in [4.69, 9.17) is 9.15 Å². The van der Waals surface area contributed by atoms with Gasteiger partial charge in [0.15, 0.2) is 5.76 Å². The molecule has 4 nitrogen and oxygen atoms in total. The van der Waals surface area contributed by atoms with Gasteiger partial charge in [0, 0.05) is 11.1 Å². The molecule has 2 aliphatic rings. The number of rotatable bonds is 0. The number of carbonyl (C=O) groups excluding carboxylic acids is 2. The molecule has 0 radical (unpaired) electrons. The second-order valence-electron chi connectivity index (χ2n) is 5.48. The van der Waals surface area contributed by atoms with Gasteiger partial charge < -0.3 is 9.15 Å². The van der Waals surface area contributed by atoms with E-state index in [-0.39, 0.29) is 17.6 Å². The predicted octanol–water partition coefficient (Wildman–Crippen LogP) is 2.69. The van der Waals surface area contributed by atoms with Gasteiger partial charge in [-0.15, -0.1) is 0 Å². The number of ketones is 1. The zero-order valence-electron chi connectivity index (χ0n) is 11.1. The Morgan fingerprint density at radius 2 is 1.90 bits per heavy atom. The Bertz CT molecular complexity index is 771. The van der Waals surface area contributed by atoms with Crippen LogP contribution in [0.5, 0.6) is 0 Å². The van der Waals surface area contributed by atoms with E-state index in [1.54, 1.807) is 6.07 Å². The van der Waals surface area contributed by atoms with Crippen LogP contribution in [-0.4, -0.2) is 17.9 Å². The molecular weight excluding hydrogens is 256 g/mol. The summed E-state index contributed by atoms with van der Waals surface area (Å²) in [4.78, 5) is 24.5. The van der Waals surface area contributed by atoms with Crippen LogP contribution in [0.4, 0.5) is 0 Å². The minimum Gasteiger partial charge on any atom is -0.460 e. The Morgan fingerprint density at radius 1 is 1.15 bits per heavy atom. The number of ether oxygens (including phenoxy) is 1. The van der Waals surface area contributed by atoms with Crippen molar-refractivity contribution in [1.82, 2.24) is 0 Å². The van der Waals surface area contributed by atoms with Crippen LogP contribution in [0.25, 0.3) is 0 Å². The van der Waals surface area contributed by atoms with Gasteiger partial charge in [-0.25, -0.2) is 4.79 Å². The van der Waals surface area contributed by atoms with Gasteiger partial charge in [-0.3, -0.25) is 4.79 Å². The number of hydrogen-bond acceptors (Lipinski definition) is 4. The molecule has 1 aliphatic carbocycles. The summed E-state index contributed by atoms with van der Waals surface area (Å²) in [7, 11) is 0. The summed E-state index contributed by atoms with van der Waals surface area (Å²) < 4.78 is 10.8. The standard InChI is InChI=1S/C16H12O4/c1-8-16(2)11-6-4-3-5-9(11)13(17)14-12(16)10(7-19-14)15(18)20-8/h3-8H,1-2H3/t8-,16-/m1/s1. The normalized spacial score (nSPS) is 26.8. The van der Waals surface area contributed by atoms with Gasteiger partial charge in [0.2, 0.25) is 5.78 Å². The molecule has 0 amide bonds. The summed E-state index contributed by atoms with van der Waals surface area (Å²) in [5.41, 5.74) is 2.00. The minimum atomic E-state index is -0.546. The number of hydrogen-bond donors (Lipinski definition) is 0. The summed E-state index contributed by atoms with van der Waals surface area (Å²) >= 11 is 0. The average molecular weight is 268 g/mol. The van der Waals surface area contributed by atoms with Crippen LogP contribution in [0.15, 0.2) is 34.9 Å². The lowest BCUT2D eigenvalue weighted by atomic mass is 9.64. The molecule has 20 heavy (non-hydrogen) atoms. The van der Waals surface area contributed by atoms with E-state index < -0.39 is 11.4 Å². The van der Waals surface area contributed by atoms with Crippen LogP contribution in [0, 0.1) is 0 Å². The maximum atomic E-state index is 12.5. The summed E-state index contributed by atoms with van der Waals surface area (Å²) in [6, 6.07) is 7.43. The fourth-order valence-corrected chi connectivity index (χ4v) is 3.35. The van der Waals surface area contributed by atoms with Crippen molar-refractivity contribution < 1.29 is 18.7 Å². The Labute approximate surface area is 115 Å². The summed E-state index contributed by atoms with van der Waals surface area (Å²) in [5, 5.41) is 0. The number of cyclic esters (lactones) is 1. The van der Waals surface area contributed by atoms with Crippen molar-refractivity contribution in [3.63, 3.8) is 0 Å². The monoisotopic (exact) mass is 268 g/mol. The van der Waals surface area contributed by atoms with Crippen molar-refractivity contribution in [3.05, 3.63) is 58.5 Å². The minimum absolute atomic E-state index is 0.166. The molecule has 1 aliphatic heterocycles. The van der Waals surface area contributed by atoms with Gasteiger partial charge in [-0.05, 0) is 19.4 Å². The topological polar surface area (TPSA) is 56.5 Å². The second-order valence-corrected chi connectivity index (χ2v) is 5.48. The molecule has 0 saturated carbocycles. The van der Waals surface area contributed by atoms with Crippen molar-refractivity contribution >= 4 is 11.8 Å². The van der Waals surface area contributed by atoms with Crippen molar-refractivity contribution in [2.45, 2.75) is 25.4 Å². The van der Waals surface area contributed by atoms with Gasteiger partial charge in [-0.1, -0.05) is 24.3 Å². The summed E-state index contributed by atoms with van der Waals surface area (Å²) in [5.74, 6) is -0.321. The van der Waals surface area contributed by atoms with Crippen molar-refractivity contribution in [1.29, 1.82) is 0 Å². The van der Waals surface area contributed by atoms with Gasteiger partial charge in [0.25, 0.3) is 0 Å². The van der Waals surface area contributed by atoms with E-state index in [0.717, 1.165) is 5.56 Å². The Kier molecular flexibility index (Phi) is 1.94. The van der Waals surface area contributed by atoms with E-state index in [0.29, 0.717) is 16.7 Å².